The number of imidazole rings is 1. The molecule has 1 aliphatic heterocycles. The Morgan fingerprint density at radius 3 is 2.68 bits per heavy atom. The van der Waals surface area contributed by atoms with Gasteiger partial charge in [-0.1, -0.05) is 6.07 Å². The van der Waals surface area contributed by atoms with Gasteiger partial charge in [0, 0.05) is 23.9 Å². The maximum absolute atomic E-state index is 14.4. The van der Waals surface area contributed by atoms with Gasteiger partial charge in [-0.3, -0.25) is 4.40 Å². The molecule has 0 aliphatic carbocycles. The Labute approximate surface area is 195 Å². The van der Waals surface area contributed by atoms with Crippen LogP contribution in [0.4, 0.5) is 10.2 Å². The van der Waals surface area contributed by atoms with Gasteiger partial charge in [0.15, 0.2) is 11.5 Å². The number of nitrogen functional groups attached to an aromatic ring is 1. The van der Waals surface area contributed by atoms with E-state index in [1.807, 2.05) is 22.7 Å². The third-order valence-corrected chi connectivity index (χ3v) is 6.05. The van der Waals surface area contributed by atoms with Crippen LogP contribution >= 0.6 is 0 Å². The summed E-state index contributed by atoms with van der Waals surface area (Å²) in [6.07, 6.45) is 4.98. The molecule has 2 unspecified atom stereocenters. The van der Waals surface area contributed by atoms with E-state index in [0.717, 1.165) is 24.2 Å². The van der Waals surface area contributed by atoms with Crippen molar-refractivity contribution >= 4 is 11.3 Å². The van der Waals surface area contributed by atoms with Gasteiger partial charge in [-0.2, -0.15) is 4.39 Å². The molecule has 1 aliphatic rings. The zero-order valence-corrected chi connectivity index (χ0v) is 18.6. The van der Waals surface area contributed by atoms with Crippen LogP contribution in [0.1, 0.15) is 24.6 Å². The first-order chi connectivity index (χ1) is 16.6. The maximum Gasteiger partial charge on any atom is 0.207 e. The van der Waals surface area contributed by atoms with Crippen LogP contribution < -0.4 is 15.2 Å². The summed E-state index contributed by atoms with van der Waals surface area (Å²) in [7, 11) is 1.41. The molecule has 0 radical (unpaired) electrons. The van der Waals surface area contributed by atoms with Crippen LogP contribution in [0.25, 0.3) is 16.8 Å². The number of nitrogens with zero attached hydrogens (tertiary/aromatic N) is 3. The minimum atomic E-state index is -0.559. The van der Waals surface area contributed by atoms with E-state index in [4.69, 9.17) is 24.9 Å². The third-order valence-electron chi connectivity index (χ3n) is 6.05. The smallest absolute Gasteiger partial charge is 0.207 e. The van der Waals surface area contributed by atoms with Crippen LogP contribution in [-0.2, 0) is 4.74 Å². The van der Waals surface area contributed by atoms with Crippen molar-refractivity contribution in [2.45, 2.75) is 24.9 Å². The number of ether oxygens (including phenoxy) is 3. The van der Waals surface area contributed by atoms with Crippen LogP contribution in [0, 0.1) is 5.82 Å². The lowest BCUT2D eigenvalue weighted by molar-refractivity contribution is -0.0282. The second-order valence-electron chi connectivity index (χ2n) is 8.16. The molecule has 5 rings (SSSR count). The average molecular weight is 464 g/mol. The highest BCUT2D eigenvalue weighted by molar-refractivity contribution is 5.85. The zero-order valence-electron chi connectivity index (χ0n) is 18.6. The number of rotatable bonds is 6. The van der Waals surface area contributed by atoms with Gasteiger partial charge in [-0.15, -0.1) is 0 Å². The Bertz CT molecular complexity index is 1300. The second kappa shape index (κ2) is 9.28. The van der Waals surface area contributed by atoms with E-state index in [0.29, 0.717) is 29.4 Å². The number of hydrogen-bond acceptors (Lipinski definition) is 7. The Morgan fingerprint density at radius 1 is 1.18 bits per heavy atom. The quantitative estimate of drug-likeness (QED) is 0.441. The number of anilines is 1. The molecular weight excluding hydrogens is 439 g/mol. The van der Waals surface area contributed by atoms with Crippen LogP contribution in [0.2, 0.25) is 0 Å². The van der Waals surface area contributed by atoms with Crippen molar-refractivity contribution in [3.8, 4) is 28.5 Å². The third kappa shape index (κ3) is 4.04. The molecule has 2 aromatic heterocycles. The lowest BCUT2D eigenvalue weighted by Gasteiger charge is -2.27. The SMILES string of the molecule is COc1cccc(Oc2ccc(-c3nc(C4CCC(CO)OC4)n4ccnc(N)c34)cc2)c1F. The number of aliphatic hydroxyl groups is 1. The van der Waals surface area contributed by atoms with E-state index in [1.54, 1.807) is 30.5 Å². The van der Waals surface area contributed by atoms with Gasteiger partial charge in [-0.25, -0.2) is 9.97 Å². The summed E-state index contributed by atoms with van der Waals surface area (Å²) in [5.41, 5.74) is 8.48. The first-order valence-corrected chi connectivity index (χ1v) is 11.0. The van der Waals surface area contributed by atoms with Gasteiger partial charge >= 0.3 is 0 Å². The van der Waals surface area contributed by atoms with Crippen molar-refractivity contribution in [2.24, 2.45) is 0 Å². The van der Waals surface area contributed by atoms with E-state index in [2.05, 4.69) is 4.98 Å². The maximum atomic E-state index is 14.4. The molecule has 176 valence electrons. The highest BCUT2D eigenvalue weighted by Gasteiger charge is 2.27. The summed E-state index contributed by atoms with van der Waals surface area (Å²) < 4.78 is 32.9. The minimum absolute atomic E-state index is 0.0191. The molecule has 3 heterocycles. The number of nitrogens with two attached hydrogens (primary N) is 1. The molecule has 9 heteroatoms. The number of hydrogen-bond donors (Lipinski definition) is 2. The molecule has 8 nitrogen and oxygen atoms in total. The Kier molecular flexibility index (Phi) is 6.04. The number of benzene rings is 2. The van der Waals surface area contributed by atoms with Gasteiger partial charge in [-0.05, 0) is 49.2 Å². The first-order valence-electron chi connectivity index (χ1n) is 11.0. The summed E-state index contributed by atoms with van der Waals surface area (Å²) >= 11 is 0. The lowest BCUT2D eigenvalue weighted by Crippen LogP contribution is -2.28. The number of aromatic nitrogens is 3. The summed E-state index contributed by atoms with van der Waals surface area (Å²) in [4.78, 5) is 9.18. The van der Waals surface area contributed by atoms with Crippen LogP contribution in [0.3, 0.4) is 0 Å². The number of fused-ring (bicyclic) bond motifs is 1. The normalized spacial score (nSPS) is 18.2. The Balaban J connectivity index is 1.46. The lowest BCUT2D eigenvalue weighted by atomic mass is 9.98. The monoisotopic (exact) mass is 464 g/mol. The predicted octanol–water partition coefficient (Wildman–Crippen LogP) is 4.17. The molecule has 0 spiro atoms. The summed E-state index contributed by atoms with van der Waals surface area (Å²) in [5, 5.41) is 9.36. The van der Waals surface area contributed by atoms with Crippen molar-refractivity contribution in [1.29, 1.82) is 0 Å². The number of aliphatic hydroxyl groups excluding tert-OH is 1. The highest BCUT2D eigenvalue weighted by atomic mass is 19.1. The first kappa shape index (κ1) is 22.1. The standard InChI is InChI=1S/C25H25FN4O4/c1-32-19-3-2-4-20(21(19)26)34-17-8-5-15(6-9-17)22-23-24(27)28-11-12-30(23)25(29-22)16-7-10-18(13-31)33-14-16/h2-6,8-9,11-12,16,18,31H,7,10,13-14H2,1H3,(H2,27,28). The molecule has 0 saturated carbocycles. The number of methoxy groups -OCH3 is 1. The fraction of sp³-hybridized carbons (Fsp3) is 0.280. The van der Waals surface area contributed by atoms with Gasteiger partial charge in [0.05, 0.1) is 26.4 Å². The van der Waals surface area contributed by atoms with Crippen LogP contribution in [0.5, 0.6) is 17.2 Å². The fourth-order valence-corrected chi connectivity index (χ4v) is 4.26. The van der Waals surface area contributed by atoms with E-state index < -0.39 is 5.82 Å². The molecule has 2 aromatic carbocycles. The van der Waals surface area contributed by atoms with Crippen LogP contribution in [0.15, 0.2) is 54.9 Å². The Hall–Kier alpha value is -3.69. The molecular formula is C25H25FN4O4. The molecule has 0 amide bonds. The van der Waals surface area contributed by atoms with Crippen molar-refractivity contribution in [2.75, 3.05) is 26.1 Å². The molecule has 1 saturated heterocycles. The topological polar surface area (TPSA) is 104 Å². The molecule has 34 heavy (non-hydrogen) atoms. The highest BCUT2D eigenvalue weighted by Crippen LogP contribution is 2.36. The summed E-state index contributed by atoms with van der Waals surface area (Å²) in [6.45, 7) is 0.496. The van der Waals surface area contributed by atoms with Crippen molar-refractivity contribution < 1.29 is 23.7 Å². The second-order valence-corrected chi connectivity index (χ2v) is 8.16. The molecule has 4 aromatic rings. The summed E-state index contributed by atoms with van der Waals surface area (Å²) in [5.74, 6) is 1.40. The largest absolute Gasteiger partial charge is 0.494 e. The van der Waals surface area contributed by atoms with E-state index in [-0.39, 0.29) is 30.1 Å². The minimum Gasteiger partial charge on any atom is -0.494 e. The van der Waals surface area contributed by atoms with Gasteiger partial charge < -0.3 is 25.1 Å². The van der Waals surface area contributed by atoms with Gasteiger partial charge in [0.1, 0.15) is 28.6 Å². The molecule has 0 bridgehead atoms. The predicted molar refractivity (Wildman–Crippen MR) is 125 cm³/mol. The van der Waals surface area contributed by atoms with E-state index in [1.165, 1.54) is 13.2 Å². The molecule has 2 atom stereocenters. The zero-order chi connectivity index (χ0) is 23.7. The Morgan fingerprint density at radius 2 is 1.97 bits per heavy atom. The average Bonchev–Trinajstić information content (AvgIpc) is 3.27. The fourth-order valence-electron chi connectivity index (χ4n) is 4.26. The van der Waals surface area contributed by atoms with Crippen LogP contribution in [-0.4, -0.2) is 45.9 Å². The van der Waals surface area contributed by atoms with E-state index >= 15 is 0 Å². The van der Waals surface area contributed by atoms with E-state index in [9.17, 15) is 9.50 Å². The van der Waals surface area contributed by atoms with Crippen molar-refractivity contribution in [3.05, 3.63) is 66.5 Å². The van der Waals surface area contributed by atoms with Crippen molar-refractivity contribution in [3.63, 3.8) is 0 Å². The summed E-state index contributed by atoms with van der Waals surface area (Å²) in [6, 6.07) is 11.9. The number of halogens is 1. The molecule has 3 N–H and O–H groups in total. The van der Waals surface area contributed by atoms with Gasteiger partial charge in [0.25, 0.3) is 0 Å². The molecule has 1 fully saturated rings. The van der Waals surface area contributed by atoms with Gasteiger partial charge in [0.2, 0.25) is 5.82 Å². The van der Waals surface area contributed by atoms with Crippen molar-refractivity contribution in [1.82, 2.24) is 14.4 Å².